The van der Waals surface area contributed by atoms with Crippen LogP contribution in [-0.4, -0.2) is 40.7 Å². The topological polar surface area (TPSA) is 41.4 Å². The van der Waals surface area contributed by atoms with Crippen molar-refractivity contribution in [3.63, 3.8) is 0 Å². The summed E-state index contributed by atoms with van der Waals surface area (Å²) in [5.41, 5.74) is 3.19. The van der Waals surface area contributed by atoms with Crippen molar-refractivity contribution in [2.24, 2.45) is 0 Å². The van der Waals surface area contributed by atoms with Gasteiger partial charge in [-0.2, -0.15) is 5.10 Å². The maximum Gasteiger partial charge on any atom is 0.223 e. The van der Waals surface area contributed by atoms with Crippen molar-refractivity contribution in [2.75, 3.05) is 25.0 Å². The summed E-state index contributed by atoms with van der Waals surface area (Å²) < 4.78 is 1.84. The number of amides is 1. The fourth-order valence-electron chi connectivity index (χ4n) is 2.61. The van der Waals surface area contributed by atoms with Gasteiger partial charge < -0.3 is 9.80 Å². The van der Waals surface area contributed by atoms with Gasteiger partial charge in [-0.15, -0.1) is 0 Å². The molecule has 5 heteroatoms. The molecule has 0 atom stereocenters. The van der Waals surface area contributed by atoms with E-state index in [-0.39, 0.29) is 5.91 Å². The maximum atomic E-state index is 11.8. The molecule has 1 aliphatic rings. The summed E-state index contributed by atoms with van der Waals surface area (Å²) in [6.07, 6.45) is 3.69. The van der Waals surface area contributed by atoms with Crippen LogP contribution in [0, 0.1) is 0 Å². The van der Waals surface area contributed by atoms with Crippen molar-refractivity contribution >= 4 is 11.6 Å². The molecule has 1 aromatic heterocycles. The van der Waals surface area contributed by atoms with E-state index in [4.69, 9.17) is 0 Å². The lowest BCUT2D eigenvalue weighted by atomic mass is 10.1. The molecule has 0 unspecified atom stereocenters. The Morgan fingerprint density at radius 2 is 2.15 bits per heavy atom. The Hall–Kier alpha value is -2.14. The Bertz CT molecular complexity index is 621. The number of nitrogens with zero attached hydrogens (tertiary/aromatic N) is 4. The van der Waals surface area contributed by atoms with Crippen LogP contribution in [0.15, 0.2) is 36.7 Å². The third kappa shape index (κ3) is 2.32. The van der Waals surface area contributed by atoms with Crippen LogP contribution in [0.2, 0.25) is 0 Å². The smallest absolute Gasteiger partial charge is 0.223 e. The van der Waals surface area contributed by atoms with Crippen LogP contribution in [0.3, 0.4) is 0 Å². The predicted molar refractivity (Wildman–Crippen MR) is 77.9 cm³/mol. The number of carbonyl (C=O) groups is 1. The van der Waals surface area contributed by atoms with Gasteiger partial charge in [0.15, 0.2) is 0 Å². The van der Waals surface area contributed by atoms with Crippen LogP contribution < -0.4 is 4.90 Å². The lowest BCUT2D eigenvalue weighted by molar-refractivity contribution is -0.116. The Morgan fingerprint density at radius 3 is 2.85 bits per heavy atom. The number of aromatic nitrogens is 2. The summed E-state index contributed by atoms with van der Waals surface area (Å²) >= 11 is 0. The van der Waals surface area contributed by atoms with Gasteiger partial charge in [0.2, 0.25) is 5.91 Å². The summed E-state index contributed by atoms with van der Waals surface area (Å²) in [5.74, 6) is 0.0911. The molecule has 2 aromatic rings. The Balaban J connectivity index is 2.06. The number of carbonyl (C=O) groups excluding carboxylic acids is 1. The number of rotatable bonds is 1. The molecule has 104 valence electrons. The van der Waals surface area contributed by atoms with E-state index in [0.29, 0.717) is 0 Å². The van der Waals surface area contributed by atoms with Gasteiger partial charge in [-0.25, -0.2) is 4.68 Å². The minimum Gasteiger partial charge on any atom is -0.311 e. The molecule has 0 N–H and O–H groups in total. The highest BCUT2D eigenvalue weighted by atomic mass is 16.2. The molecule has 0 spiro atoms. The lowest BCUT2D eigenvalue weighted by Gasteiger charge is -2.21. The second-order valence-corrected chi connectivity index (χ2v) is 5.17. The monoisotopic (exact) mass is 270 g/mol. The van der Waals surface area contributed by atoms with Gasteiger partial charge in [0.05, 0.1) is 5.69 Å². The van der Waals surface area contributed by atoms with Crippen LogP contribution in [0.25, 0.3) is 5.69 Å². The van der Waals surface area contributed by atoms with E-state index in [2.05, 4.69) is 23.1 Å². The second-order valence-electron chi connectivity index (χ2n) is 5.17. The largest absolute Gasteiger partial charge is 0.311 e. The number of hydrogen-bond acceptors (Lipinski definition) is 3. The van der Waals surface area contributed by atoms with Crippen LogP contribution in [0.1, 0.15) is 12.5 Å². The summed E-state index contributed by atoms with van der Waals surface area (Å²) in [6, 6.07) is 8.04. The molecule has 1 aliphatic heterocycles. The summed E-state index contributed by atoms with van der Waals surface area (Å²) in [4.78, 5) is 15.9. The quantitative estimate of drug-likeness (QED) is 0.791. The molecule has 0 bridgehead atoms. The molecule has 0 fully saturated rings. The zero-order chi connectivity index (χ0) is 14.1. The molecule has 0 radical (unpaired) electrons. The number of anilines is 1. The molecule has 1 amide bonds. The molecular formula is C15H18N4O. The van der Waals surface area contributed by atoms with E-state index in [1.165, 1.54) is 0 Å². The van der Waals surface area contributed by atoms with Crippen molar-refractivity contribution in [3.05, 3.63) is 42.2 Å². The fourth-order valence-corrected chi connectivity index (χ4v) is 2.61. The van der Waals surface area contributed by atoms with Crippen molar-refractivity contribution in [1.29, 1.82) is 0 Å². The van der Waals surface area contributed by atoms with Gasteiger partial charge in [-0.05, 0) is 36.9 Å². The van der Waals surface area contributed by atoms with Gasteiger partial charge in [-0.1, -0.05) is 0 Å². The maximum absolute atomic E-state index is 11.8. The highest BCUT2D eigenvalue weighted by Gasteiger charge is 2.21. The first kappa shape index (κ1) is 12.9. The molecule has 3 rings (SSSR count). The number of hydrogen-bond donors (Lipinski definition) is 0. The van der Waals surface area contributed by atoms with E-state index in [0.717, 1.165) is 36.6 Å². The van der Waals surface area contributed by atoms with Crippen LogP contribution in [0.5, 0.6) is 0 Å². The Labute approximate surface area is 118 Å². The minimum absolute atomic E-state index is 0.0911. The molecule has 5 nitrogen and oxygen atoms in total. The fraction of sp³-hybridized carbons (Fsp3) is 0.333. The second kappa shape index (κ2) is 5.09. The molecule has 20 heavy (non-hydrogen) atoms. The van der Waals surface area contributed by atoms with Gasteiger partial charge in [0.25, 0.3) is 0 Å². The van der Waals surface area contributed by atoms with Gasteiger partial charge in [0, 0.05) is 44.6 Å². The molecule has 0 saturated carbocycles. The molecular weight excluding hydrogens is 252 g/mol. The van der Waals surface area contributed by atoms with E-state index in [1.54, 1.807) is 13.1 Å². The number of benzene rings is 1. The van der Waals surface area contributed by atoms with E-state index in [1.807, 2.05) is 34.0 Å². The van der Waals surface area contributed by atoms with E-state index < -0.39 is 0 Å². The minimum atomic E-state index is 0.0911. The zero-order valence-electron chi connectivity index (χ0n) is 11.8. The molecule has 0 aliphatic carbocycles. The van der Waals surface area contributed by atoms with E-state index >= 15 is 0 Å². The zero-order valence-corrected chi connectivity index (χ0v) is 11.8. The first-order valence-corrected chi connectivity index (χ1v) is 6.75. The van der Waals surface area contributed by atoms with E-state index in [9.17, 15) is 4.79 Å². The number of fused-ring (bicyclic) bond motifs is 1. The van der Waals surface area contributed by atoms with Crippen molar-refractivity contribution in [1.82, 2.24) is 14.7 Å². The van der Waals surface area contributed by atoms with Crippen molar-refractivity contribution in [3.8, 4) is 5.69 Å². The van der Waals surface area contributed by atoms with Crippen molar-refractivity contribution in [2.45, 2.75) is 13.5 Å². The third-order valence-corrected chi connectivity index (χ3v) is 3.65. The van der Waals surface area contributed by atoms with Crippen LogP contribution in [-0.2, 0) is 11.3 Å². The summed E-state index contributed by atoms with van der Waals surface area (Å²) in [6.45, 7) is 4.08. The summed E-state index contributed by atoms with van der Waals surface area (Å²) in [7, 11) is 2.08. The third-order valence-electron chi connectivity index (χ3n) is 3.65. The average molecular weight is 270 g/mol. The van der Waals surface area contributed by atoms with Gasteiger partial charge in [-0.3, -0.25) is 4.79 Å². The number of likely N-dealkylation sites (N-methyl/N-ethyl adjacent to an activating group) is 1. The Morgan fingerprint density at radius 1 is 1.30 bits per heavy atom. The van der Waals surface area contributed by atoms with Gasteiger partial charge >= 0.3 is 0 Å². The van der Waals surface area contributed by atoms with Crippen molar-refractivity contribution < 1.29 is 4.79 Å². The van der Waals surface area contributed by atoms with Crippen LogP contribution >= 0.6 is 0 Å². The molecule has 0 saturated heterocycles. The average Bonchev–Trinajstić information content (AvgIpc) is 2.88. The first-order chi connectivity index (χ1) is 9.65. The SMILES string of the molecule is CC(=O)N1CCN(C)Cc2cc(-n3cccn3)ccc21. The molecule has 1 aromatic carbocycles. The Kier molecular flexibility index (Phi) is 3.28. The predicted octanol–water partition coefficient (Wildman–Crippen LogP) is 1.67. The lowest BCUT2D eigenvalue weighted by Crippen LogP contribution is -2.33. The molecule has 2 heterocycles. The van der Waals surface area contributed by atoms with Gasteiger partial charge in [0.1, 0.15) is 0 Å². The summed E-state index contributed by atoms with van der Waals surface area (Å²) in [5, 5.41) is 4.25. The highest BCUT2D eigenvalue weighted by Crippen LogP contribution is 2.27. The standard InChI is InChI=1S/C15H18N4O/c1-12(20)18-9-8-17(2)11-13-10-14(4-5-15(13)18)19-7-3-6-16-19/h3-7,10H,8-9,11H2,1-2H3. The highest BCUT2D eigenvalue weighted by molar-refractivity contribution is 5.92. The first-order valence-electron chi connectivity index (χ1n) is 6.75. The normalized spacial score (nSPS) is 15.8. The van der Waals surface area contributed by atoms with Crippen LogP contribution in [0.4, 0.5) is 5.69 Å².